The maximum absolute atomic E-state index is 12.3. The Bertz CT molecular complexity index is 585. The summed E-state index contributed by atoms with van der Waals surface area (Å²) in [6, 6.07) is 3.94. The van der Waals surface area contributed by atoms with E-state index in [2.05, 4.69) is 15.5 Å². The fraction of sp³-hybridized carbons (Fsp3) is 0.500. The molecule has 1 fully saturated rings. The molecule has 0 radical (unpaired) electrons. The van der Waals surface area contributed by atoms with E-state index in [1.807, 2.05) is 17.5 Å². The van der Waals surface area contributed by atoms with Gasteiger partial charge in [0.05, 0.1) is 6.42 Å². The van der Waals surface area contributed by atoms with Crippen LogP contribution in [0.3, 0.4) is 0 Å². The fourth-order valence-corrected chi connectivity index (χ4v) is 3.46. The molecule has 0 aliphatic heterocycles. The second-order valence-corrected chi connectivity index (χ2v) is 6.26. The lowest BCUT2D eigenvalue weighted by molar-refractivity contribution is -0.122. The summed E-state index contributed by atoms with van der Waals surface area (Å²) in [5, 5.41) is 9.15. The molecule has 0 aromatic carbocycles. The minimum Gasteiger partial charge on any atom is -0.343 e. The van der Waals surface area contributed by atoms with E-state index in [1.165, 1.54) is 0 Å². The molecule has 1 saturated carbocycles. The van der Waals surface area contributed by atoms with Crippen LogP contribution in [-0.2, 0) is 16.8 Å². The zero-order chi connectivity index (χ0) is 14.0. The Morgan fingerprint density at radius 1 is 1.50 bits per heavy atom. The largest absolute Gasteiger partial charge is 0.343 e. The number of hydrogen-bond acceptors (Lipinski definition) is 5. The molecule has 0 unspecified atom stereocenters. The van der Waals surface area contributed by atoms with Gasteiger partial charge in [0.2, 0.25) is 11.8 Å². The average molecular weight is 291 g/mol. The number of rotatable bonds is 4. The standard InChI is InChI=1S/C14H17N3O2S/c1-10-15-13(17-19-10)14(6-2-3-7-14)16-12(18)9-11-5-4-8-20-11/h4-5,8H,2-3,6-7,9H2,1H3,(H,16,18). The van der Waals surface area contributed by atoms with E-state index < -0.39 is 5.54 Å². The first-order chi connectivity index (χ1) is 9.68. The lowest BCUT2D eigenvalue weighted by Crippen LogP contribution is -2.45. The van der Waals surface area contributed by atoms with Gasteiger partial charge in [-0.05, 0) is 24.3 Å². The number of aromatic nitrogens is 2. The van der Waals surface area contributed by atoms with Gasteiger partial charge in [0.15, 0.2) is 5.82 Å². The second-order valence-electron chi connectivity index (χ2n) is 5.23. The van der Waals surface area contributed by atoms with Crippen LogP contribution in [0.15, 0.2) is 22.0 Å². The number of aryl methyl sites for hydroxylation is 1. The van der Waals surface area contributed by atoms with Gasteiger partial charge in [0, 0.05) is 11.8 Å². The maximum atomic E-state index is 12.3. The summed E-state index contributed by atoms with van der Waals surface area (Å²) in [6.07, 6.45) is 4.32. The number of nitrogens with one attached hydrogen (secondary N) is 1. The number of hydrogen-bond donors (Lipinski definition) is 1. The normalized spacial score (nSPS) is 17.2. The molecule has 2 aromatic heterocycles. The van der Waals surface area contributed by atoms with Crippen LogP contribution in [-0.4, -0.2) is 16.0 Å². The number of thiophene rings is 1. The van der Waals surface area contributed by atoms with Crippen molar-refractivity contribution in [1.29, 1.82) is 0 Å². The fourth-order valence-electron chi connectivity index (χ4n) is 2.76. The van der Waals surface area contributed by atoms with Crippen LogP contribution in [0.1, 0.15) is 42.3 Å². The zero-order valence-corrected chi connectivity index (χ0v) is 12.2. The molecule has 1 aliphatic carbocycles. The van der Waals surface area contributed by atoms with Crippen LogP contribution in [0.5, 0.6) is 0 Å². The zero-order valence-electron chi connectivity index (χ0n) is 11.4. The number of amides is 1. The molecule has 20 heavy (non-hydrogen) atoms. The van der Waals surface area contributed by atoms with Gasteiger partial charge in [-0.15, -0.1) is 11.3 Å². The summed E-state index contributed by atoms with van der Waals surface area (Å²) in [5.41, 5.74) is -0.438. The minimum absolute atomic E-state index is 0.0248. The van der Waals surface area contributed by atoms with Gasteiger partial charge in [0.25, 0.3) is 0 Å². The van der Waals surface area contributed by atoms with E-state index in [4.69, 9.17) is 4.52 Å². The molecular weight excluding hydrogens is 274 g/mol. The first-order valence-electron chi connectivity index (χ1n) is 6.82. The van der Waals surface area contributed by atoms with Crippen LogP contribution in [0.4, 0.5) is 0 Å². The quantitative estimate of drug-likeness (QED) is 0.940. The summed E-state index contributed by atoms with van der Waals surface area (Å²) in [4.78, 5) is 17.7. The Morgan fingerprint density at radius 2 is 2.30 bits per heavy atom. The second kappa shape index (κ2) is 5.36. The molecule has 0 bridgehead atoms. The van der Waals surface area contributed by atoms with Crippen molar-refractivity contribution in [3.8, 4) is 0 Å². The predicted molar refractivity (Wildman–Crippen MR) is 75.3 cm³/mol. The third-order valence-electron chi connectivity index (χ3n) is 3.71. The predicted octanol–water partition coefficient (Wildman–Crippen LogP) is 2.57. The van der Waals surface area contributed by atoms with Gasteiger partial charge in [-0.2, -0.15) is 4.98 Å². The topological polar surface area (TPSA) is 68.0 Å². The molecule has 0 spiro atoms. The van der Waals surface area contributed by atoms with Crippen molar-refractivity contribution in [2.24, 2.45) is 0 Å². The van der Waals surface area contributed by atoms with Gasteiger partial charge in [-0.1, -0.05) is 24.1 Å². The van der Waals surface area contributed by atoms with Crippen molar-refractivity contribution in [3.05, 3.63) is 34.1 Å². The van der Waals surface area contributed by atoms with Crippen molar-refractivity contribution in [2.45, 2.75) is 44.6 Å². The molecule has 6 heteroatoms. The highest BCUT2D eigenvalue weighted by Crippen LogP contribution is 2.37. The van der Waals surface area contributed by atoms with E-state index in [-0.39, 0.29) is 5.91 Å². The Kier molecular flexibility index (Phi) is 3.56. The van der Waals surface area contributed by atoms with Gasteiger partial charge in [-0.25, -0.2) is 0 Å². The molecule has 0 saturated heterocycles. The Morgan fingerprint density at radius 3 is 2.90 bits per heavy atom. The highest BCUT2D eigenvalue weighted by molar-refractivity contribution is 7.10. The van der Waals surface area contributed by atoms with E-state index in [9.17, 15) is 4.79 Å². The molecule has 0 atom stereocenters. The molecular formula is C14H17N3O2S. The van der Waals surface area contributed by atoms with Crippen LogP contribution < -0.4 is 5.32 Å². The average Bonchev–Trinajstić information content (AvgIpc) is 3.11. The monoisotopic (exact) mass is 291 g/mol. The molecule has 3 rings (SSSR count). The summed E-state index contributed by atoms with van der Waals surface area (Å²) in [5.74, 6) is 1.18. The molecule has 1 amide bonds. The van der Waals surface area contributed by atoms with Crippen LogP contribution >= 0.6 is 11.3 Å². The van der Waals surface area contributed by atoms with E-state index in [0.717, 1.165) is 30.6 Å². The molecule has 1 N–H and O–H groups in total. The van der Waals surface area contributed by atoms with Crippen molar-refractivity contribution in [2.75, 3.05) is 0 Å². The van der Waals surface area contributed by atoms with Gasteiger partial charge in [-0.3, -0.25) is 4.79 Å². The lowest BCUT2D eigenvalue weighted by atomic mass is 9.96. The highest BCUT2D eigenvalue weighted by Gasteiger charge is 2.41. The third kappa shape index (κ3) is 2.60. The summed E-state index contributed by atoms with van der Waals surface area (Å²) >= 11 is 1.60. The SMILES string of the molecule is Cc1nc(C2(NC(=O)Cc3cccs3)CCCC2)no1. The summed E-state index contributed by atoms with van der Waals surface area (Å²) in [6.45, 7) is 1.77. The van der Waals surface area contributed by atoms with Crippen LogP contribution in [0, 0.1) is 6.92 Å². The van der Waals surface area contributed by atoms with Gasteiger partial charge < -0.3 is 9.84 Å². The molecule has 2 aromatic rings. The first kappa shape index (κ1) is 13.3. The Hall–Kier alpha value is -1.69. The Labute approximate surface area is 121 Å². The first-order valence-corrected chi connectivity index (χ1v) is 7.70. The van der Waals surface area contributed by atoms with Crippen molar-refractivity contribution >= 4 is 17.2 Å². The Balaban J connectivity index is 1.76. The molecule has 106 valence electrons. The summed E-state index contributed by atoms with van der Waals surface area (Å²) in [7, 11) is 0. The number of carbonyl (C=O) groups excluding carboxylic acids is 1. The lowest BCUT2D eigenvalue weighted by Gasteiger charge is -2.26. The number of nitrogens with zero attached hydrogens (tertiary/aromatic N) is 2. The van der Waals surface area contributed by atoms with E-state index in [1.54, 1.807) is 18.3 Å². The molecule has 5 nitrogen and oxygen atoms in total. The maximum Gasteiger partial charge on any atom is 0.226 e. The van der Waals surface area contributed by atoms with E-state index >= 15 is 0 Å². The molecule has 2 heterocycles. The van der Waals surface area contributed by atoms with Crippen LogP contribution in [0.2, 0.25) is 0 Å². The number of carbonyl (C=O) groups is 1. The van der Waals surface area contributed by atoms with E-state index in [0.29, 0.717) is 18.1 Å². The summed E-state index contributed by atoms with van der Waals surface area (Å²) < 4.78 is 5.08. The third-order valence-corrected chi connectivity index (χ3v) is 4.58. The van der Waals surface area contributed by atoms with Gasteiger partial charge >= 0.3 is 0 Å². The highest BCUT2D eigenvalue weighted by atomic mass is 32.1. The van der Waals surface area contributed by atoms with Crippen molar-refractivity contribution in [3.63, 3.8) is 0 Å². The van der Waals surface area contributed by atoms with Gasteiger partial charge in [0.1, 0.15) is 5.54 Å². The molecule has 1 aliphatic rings. The van der Waals surface area contributed by atoms with Crippen molar-refractivity contribution < 1.29 is 9.32 Å². The van der Waals surface area contributed by atoms with Crippen LogP contribution in [0.25, 0.3) is 0 Å². The van der Waals surface area contributed by atoms with Crippen molar-refractivity contribution in [1.82, 2.24) is 15.5 Å². The smallest absolute Gasteiger partial charge is 0.226 e. The minimum atomic E-state index is -0.438.